The Morgan fingerprint density at radius 2 is 2.04 bits per heavy atom. The summed E-state index contributed by atoms with van der Waals surface area (Å²) in [6.45, 7) is 4.02. The van der Waals surface area contributed by atoms with E-state index in [1.165, 1.54) is 12.1 Å². The van der Waals surface area contributed by atoms with Gasteiger partial charge < -0.3 is 5.32 Å². The number of nitrogens with one attached hydrogen (secondary N) is 1. The van der Waals surface area contributed by atoms with Crippen LogP contribution in [0.1, 0.15) is 24.2 Å². The molecular formula is C18H18FN3O. The number of hydrogen-bond acceptors (Lipinski definition) is 2. The van der Waals surface area contributed by atoms with Crippen molar-refractivity contribution in [3.8, 4) is 0 Å². The Balaban J connectivity index is 1.76. The van der Waals surface area contributed by atoms with Crippen molar-refractivity contribution in [2.45, 2.75) is 26.4 Å². The highest BCUT2D eigenvalue weighted by Gasteiger charge is 2.18. The van der Waals surface area contributed by atoms with E-state index in [2.05, 4.69) is 10.4 Å². The number of nitrogens with zero attached hydrogens (tertiary/aromatic N) is 2. The van der Waals surface area contributed by atoms with Gasteiger partial charge in [-0.15, -0.1) is 0 Å². The predicted molar refractivity (Wildman–Crippen MR) is 87.4 cm³/mol. The molecule has 3 rings (SSSR count). The second kappa shape index (κ2) is 6.20. The highest BCUT2D eigenvalue weighted by molar-refractivity contribution is 5.86. The zero-order valence-corrected chi connectivity index (χ0v) is 13.1. The van der Waals surface area contributed by atoms with Crippen LogP contribution in [0.3, 0.4) is 0 Å². The van der Waals surface area contributed by atoms with Crippen LogP contribution in [0.15, 0.2) is 48.5 Å². The molecule has 0 aliphatic carbocycles. The predicted octanol–water partition coefficient (Wildman–Crippen LogP) is 3.36. The van der Waals surface area contributed by atoms with Crippen molar-refractivity contribution in [3.05, 3.63) is 65.6 Å². The number of halogens is 1. The van der Waals surface area contributed by atoms with Crippen molar-refractivity contribution >= 4 is 16.8 Å². The summed E-state index contributed by atoms with van der Waals surface area (Å²) < 4.78 is 14.9. The number of carbonyl (C=O) groups excluding carboxylic acids is 1. The summed E-state index contributed by atoms with van der Waals surface area (Å²) in [5.74, 6) is -0.457. The molecule has 0 saturated heterocycles. The molecule has 0 unspecified atom stereocenters. The fourth-order valence-corrected chi connectivity index (χ4v) is 2.64. The summed E-state index contributed by atoms with van der Waals surface area (Å²) >= 11 is 0. The third kappa shape index (κ3) is 3.08. The molecule has 0 saturated carbocycles. The van der Waals surface area contributed by atoms with Gasteiger partial charge in [-0.1, -0.05) is 30.3 Å². The van der Waals surface area contributed by atoms with E-state index in [9.17, 15) is 9.18 Å². The Morgan fingerprint density at radius 1 is 1.26 bits per heavy atom. The number of hydrogen-bond donors (Lipinski definition) is 1. The summed E-state index contributed by atoms with van der Waals surface area (Å²) in [7, 11) is 0. The highest BCUT2D eigenvalue weighted by Crippen LogP contribution is 2.21. The lowest BCUT2D eigenvalue weighted by atomic mass is 10.2. The van der Waals surface area contributed by atoms with Crippen molar-refractivity contribution < 1.29 is 9.18 Å². The molecule has 2 aromatic carbocycles. The Labute approximate surface area is 133 Å². The molecule has 4 nitrogen and oxygen atoms in total. The van der Waals surface area contributed by atoms with Crippen LogP contribution in [0.5, 0.6) is 0 Å². The van der Waals surface area contributed by atoms with E-state index in [-0.39, 0.29) is 11.7 Å². The molecule has 1 aromatic heterocycles. The molecule has 23 heavy (non-hydrogen) atoms. The maximum atomic E-state index is 13.2. The average molecular weight is 311 g/mol. The van der Waals surface area contributed by atoms with Crippen molar-refractivity contribution in [2.24, 2.45) is 0 Å². The van der Waals surface area contributed by atoms with Crippen LogP contribution in [0, 0.1) is 12.7 Å². The minimum absolute atomic E-state index is 0.150. The van der Waals surface area contributed by atoms with Gasteiger partial charge in [0.25, 0.3) is 0 Å². The molecule has 118 valence electrons. The van der Waals surface area contributed by atoms with Crippen LogP contribution < -0.4 is 5.32 Å². The third-order valence-corrected chi connectivity index (χ3v) is 3.90. The van der Waals surface area contributed by atoms with E-state index in [1.54, 1.807) is 23.7 Å². The first-order valence-corrected chi connectivity index (χ1v) is 7.52. The molecular weight excluding hydrogens is 293 g/mol. The monoisotopic (exact) mass is 311 g/mol. The minimum Gasteiger partial charge on any atom is -0.350 e. The van der Waals surface area contributed by atoms with Crippen molar-refractivity contribution in [2.75, 3.05) is 0 Å². The topological polar surface area (TPSA) is 46.9 Å². The maximum Gasteiger partial charge on any atom is 0.244 e. The summed E-state index contributed by atoms with van der Waals surface area (Å²) in [6, 6.07) is 13.6. The molecule has 1 atom stereocenters. The largest absolute Gasteiger partial charge is 0.350 e. The van der Waals surface area contributed by atoms with Gasteiger partial charge in [0.1, 0.15) is 11.9 Å². The number of para-hydroxylation sites is 1. The van der Waals surface area contributed by atoms with Crippen LogP contribution >= 0.6 is 0 Å². The van der Waals surface area contributed by atoms with E-state index in [1.807, 2.05) is 31.2 Å². The first-order valence-electron chi connectivity index (χ1n) is 7.52. The first-order chi connectivity index (χ1) is 11.1. The Kier molecular flexibility index (Phi) is 4.10. The number of aryl methyl sites for hydroxylation is 1. The van der Waals surface area contributed by atoms with Gasteiger partial charge in [0.05, 0.1) is 11.2 Å². The zero-order chi connectivity index (χ0) is 16.4. The SMILES string of the molecule is Cc1nn([C@H](C)C(=O)NCc2cccc(F)c2)c2ccccc12. The molecule has 1 amide bonds. The summed E-state index contributed by atoms with van der Waals surface area (Å²) in [5.41, 5.74) is 2.55. The van der Waals surface area contributed by atoms with Gasteiger partial charge in [0.2, 0.25) is 5.91 Å². The standard InChI is InChI=1S/C18H18FN3O/c1-12-16-8-3-4-9-17(16)22(21-12)13(2)18(23)20-11-14-6-5-7-15(19)10-14/h3-10,13H,11H2,1-2H3,(H,20,23)/t13-/m1/s1. The van der Waals surface area contributed by atoms with E-state index in [4.69, 9.17) is 0 Å². The second-order valence-corrected chi connectivity index (χ2v) is 5.57. The van der Waals surface area contributed by atoms with Crippen LogP contribution in [-0.4, -0.2) is 15.7 Å². The first kappa shape index (κ1) is 15.2. The molecule has 0 fully saturated rings. The highest BCUT2D eigenvalue weighted by atomic mass is 19.1. The minimum atomic E-state index is -0.442. The molecule has 0 radical (unpaired) electrons. The molecule has 0 spiro atoms. The fourth-order valence-electron chi connectivity index (χ4n) is 2.64. The number of fused-ring (bicyclic) bond motifs is 1. The third-order valence-electron chi connectivity index (χ3n) is 3.90. The van der Waals surface area contributed by atoms with Gasteiger partial charge in [0.15, 0.2) is 0 Å². The Bertz CT molecular complexity index is 856. The molecule has 1 heterocycles. The van der Waals surface area contributed by atoms with Gasteiger partial charge in [-0.3, -0.25) is 9.48 Å². The van der Waals surface area contributed by atoms with Gasteiger partial charge >= 0.3 is 0 Å². The number of amides is 1. The van der Waals surface area contributed by atoms with Gasteiger partial charge in [-0.2, -0.15) is 5.10 Å². The van der Waals surface area contributed by atoms with E-state index >= 15 is 0 Å². The molecule has 0 bridgehead atoms. The molecule has 0 aliphatic rings. The van der Waals surface area contributed by atoms with Crippen LogP contribution in [0.4, 0.5) is 4.39 Å². The van der Waals surface area contributed by atoms with E-state index < -0.39 is 6.04 Å². The lowest BCUT2D eigenvalue weighted by molar-refractivity contribution is -0.124. The number of aromatic nitrogens is 2. The van der Waals surface area contributed by atoms with Crippen LogP contribution in [0.25, 0.3) is 10.9 Å². The normalized spacial score (nSPS) is 12.3. The number of benzene rings is 2. The number of rotatable bonds is 4. The summed E-state index contributed by atoms with van der Waals surface area (Å²) in [4.78, 5) is 12.4. The summed E-state index contributed by atoms with van der Waals surface area (Å²) in [5, 5.41) is 8.35. The van der Waals surface area contributed by atoms with Crippen molar-refractivity contribution in [1.82, 2.24) is 15.1 Å². The van der Waals surface area contributed by atoms with E-state index in [0.717, 1.165) is 22.2 Å². The van der Waals surface area contributed by atoms with Gasteiger partial charge in [0, 0.05) is 11.9 Å². The van der Waals surface area contributed by atoms with Gasteiger partial charge in [-0.25, -0.2) is 4.39 Å². The van der Waals surface area contributed by atoms with Crippen molar-refractivity contribution in [3.63, 3.8) is 0 Å². The maximum absolute atomic E-state index is 13.2. The lowest BCUT2D eigenvalue weighted by Crippen LogP contribution is -2.31. The zero-order valence-electron chi connectivity index (χ0n) is 13.1. The molecule has 0 aliphatic heterocycles. The van der Waals surface area contributed by atoms with Crippen LogP contribution in [0.2, 0.25) is 0 Å². The lowest BCUT2D eigenvalue weighted by Gasteiger charge is -2.14. The smallest absolute Gasteiger partial charge is 0.244 e. The molecule has 5 heteroatoms. The number of carbonyl (C=O) groups is 1. The summed E-state index contributed by atoms with van der Waals surface area (Å²) in [6.07, 6.45) is 0. The quantitative estimate of drug-likeness (QED) is 0.803. The fraction of sp³-hybridized carbons (Fsp3) is 0.222. The molecule has 1 N–H and O–H groups in total. The van der Waals surface area contributed by atoms with Crippen molar-refractivity contribution in [1.29, 1.82) is 0 Å². The van der Waals surface area contributed by atoms with E-state index in [0.29, 0.717) is 6.54 Å². The van der Waals surface area contributed by atoms with Crippen LogP contribution in [-0.2, 0) is 11.3 Å². The average Bonchev–Trinajstić information content (AvgIpc) is 2.89. The Morgan fingerprint density at radius 3 is 2.83 bits per heavy atom. The molecule has 3 aromatic rings. The Hall–Kier alpha value is -2.69. The second-order valence-electron chi connectivity index (χ2n) is 5.57. The van der Waals surface area contributed by atoms with Gasteiger partial charge in [-0.05, 0) is 37.6 Å².